The molecular weight excluding hydrogens is 216 g/mol. The van der Waals surface area contributed by atoms with Crippen molar-refractivity contribution in [1.82, 2.24) is 0 Å². The molecule has 0 rings (SSSR count). The van der Waals surface area contributed by atoms with Gasteiger partial charge in [0.05, 0.1) is 25.4 Å². The average molecular weight is 246 g/mol. The first-order valence-corrected chi connectivity index (χ1v) is 7.01. The molecule has 0 aromatic carbocycles. The Hall–Kier alpha value is -0.120. The summed E-state index contributed by atoms with van der Waals surface area (Å²) in [7, 11) is 0. The monoisotopic (exact) mass is 246 g/mol. The van der Waals surface area contributed by atoms with Gasteiger partial charge in [-0.05, 0) is 26.7 Å². The molecule has 0 radical (unpaired) electrons. The maximum Gasteiger partial charge on any atom is 0.0781 e. The van der Waals surface area contributed by atoms with Crippen LogP contribution in [0.2, 0.25) is 0 Å². The predicted molar refractivity (Wildman–Crippen MR) is 71.5 cm³/mol. The van der Waals surface area contributed by atoms with Gasteiger partial charge in [-0.25, -0.2) is 0 Å². The molecule has 0 fully saturated rings. The molecule has 2 atom stereocenters. The molecule has 0 N–H and O–H groups in total. The molecule has 2 unspecified atom stereocenters. The van der Waals surface area contributed by atoms with E-state index < -0.39 is 0 Å². The molecule has 17 heavy (non-hydrogen) atoms. The predicted octanol–water partition coefficient (Wildman–Crippen LogP) is 3.41. The molecule has 0 aliphatic carbocycles. The van der Waals surface area contributed by atoms with Gasteiger partial charge in [0.25, 0.3) is 0 Å². The van der Waals surface area contributed by atoms with E-state index in [2.05, 4.69) is 13.8 Å². The van der Waals surface area contributed by atoms with Crippen molar-refractivity contribution >= 4 is 0 Å². The van der Waals surface area contributed by atoms with Gasteiger partial charge in [-0.3, -0.25) is 0 Å². The summed E-state index contributed by atoms with van der Waals surface area (Å²) in [6.45, 7) is 11.4. The van der Waals surface area contributed by atoms with E-state index in [1.54, 1.807) is 0 Å². The SMILES string of the molecule is CCCCCOCC(C)OCC(C)OCCC. The van der Waals surface area contributed by atoms with Crippen LogP contribution in [0.4, 0.5) is 0 Å². The molecule has 104 valence electrons. The van der Waals surface area contributed by atoms with E-state index in [4.69, 9.17) is 14.2 Å². The zero-order valence-electron chi connectivity index (χ0n) is 12.0. The number of ether oxygens (including phenoxy) is 3. The molecule has 0 heterocycles. The van der Waals surface area contributed by atoms with Gasteiger partial charge in [-0.15, -0.1) is 0 Å². The van der Waals surface area contributed by atoms with Gasteiger partial charge in [0, 0.05) is 13.2 Å². The molecular formula is C14H30O3. The number of unbranched alkanes of at least 4 members (excludes halogenated alkanes) is 2. The third-order valence-electron chi connectivity index (χ3n) is 2.47. The Kier molecular flexibility index (Phi) is 12.3. The normalized spacial score (nSPS) is 14.8. The summed E-state index contributed by atoms with van der Waals surface area (Å²) < 4.78 is 16.7. The first-order chi connectivity index (χ1) is 8.20. The lowest BCUT2D eigenvalue weighted by molar-refractivity contribution is -0.0570. The van der Waals surface area contributed by atoms with Crippen LogP contribution in [0.3, 0.4) is 0 Å². The zero-order valence-corrected chi connectivity index (χ0v) is 12.0. The zero-order chi connectivity index (χ0) is 12.9. The van der Waals surface area contributed by atoms with E-state index in [9.17, 15) is 0 Å². The summed E-state index contributed by atoms with van der Waals surface area (Å²) in [6.07, 6.45) is 5.03. The van der Waals surface area contributed by atoms with E-state index in [1.807, 2.05) is 13.8 Å². The highest BCUT2D eigenvalue weighted by molar-refractivity contribution is 4.52. The van der Waals surface area contributed by atoms with Crippen LogP contribution in [0, 0.1) is 0 Å². The van der Waals surface area contributed by atoms with Crippen molar-refractivity contribution in [3.63, 3.8) is 0 Å². The standard InChI is InChI=1S/C14H30O3/c1-5-7-8-10-15-11-13(3)17-12-14(4)16-9-6-2/h13-14H,5-12H2,1-4H3. The molecule has 0 saturated heterocycles. The summed E-state index contributed by atoms with van der Waals surface area (Å²) in [5, 5.41) is 0. The van der Waals surface area contributed by atoms with Crippen molar-refractivity contribution in [2.45, 2.75) is 65.6 Å². The van der Waals surface area contributed by atoms with Crippen molar-refractivity contribution in [3.8, 4) is 0 Å². The van der Waals surface area contributed by atoms with Crippen LogP contribution in [-0.2, 0) is 14.2 Å². The highest BCUT2D eigenvalue weighted by atomic mass is 16.6. The molecule has 3 heteroatoms. The van der Waals surface area contributed by atoms with Gasteiger partial charge in [-0.1, -0.05) is 26.7 Å². The molecule has 0 amide bonds. The summed E-state index contributed by atoms with van der Waals surface area (Å²) in [4.78, 5) is 0. The highest BCUT2D eigenvalue weighted by Crippen LogP contribution is 2.00. The molecule has 0 saturated carbocycles. The summed E-state index contributed by atoms with van der Waals surface area (Å²) >= 11 is 0. The second kappa shape index (κ2) is 12.3. The summed E-state index contributed by atoms with van der Waals surface area (Å²) in [5.41, 5.74) is 0. The van der Waals surface area contributed by atoms with Crippen LogP contribution in [-0.4, -0.2) is 38.6 Å². The average Bonchev–Trinajstić information content (AvgIpc) is 2.33. The third kappa shape index (κ3) is 12.1. The van der Waals surface area contributed by atoms with E-state index in [0.717, 1.165) is 26.1 Å². The number of rotatable bonds is 12. The van der Waals surface area contributed by atoms with Gasteiger partial charge < -0.3 is 14.2 Å². The van der Waals surface area contributed by atoms with Gasteiger partial charge >= 0.3 is 0 Å². The lowest BCUT2D eigenvalue weighted by Gasteiger charge is -2.17. The quantitative estimate of drug-likeness (QED) is 0.494. The lowest BCUT2D eigenvalue weighted by Crippen LogP contribution is -2.23. The van der Waals surface area contributed by atoms with Gasteiger partial charge in [0.2, 0.25) is 0 Å². The molecule has 0 aromatic rings. The van der Waals surface area contributed by atoms with Crippen molar-refractivity contribution in [2.24, 2.45) is 0 Å². The van der Waals surface area contributed by atoms with E-state index in [1.165, 1.54) is 12.8 Å². The second-order valence-electron chi connectivity index (χ2n) is 4.61. The fourth-order valence-corrected chi connectivity index (χ4v) is 1.42. The minimum Gasteiger partial charge on any atom is -0.379 e. The van der Waals surface area contributed by atoms with Gasteiger partial charge in [0.1, 0.15) is 0 Å². The van der Waals surface area contributed by atoms with Crippen LogP contribution >= 0.6 is 0 Å². The lowest BCUT2D eigenvalue weighted by atomic mass is 10.3. The van der Waals surface area contributed by atoms with Crippen molar-refractivity contribution < 1.29 is 14.2 Å². The molecule has 0 aliphatic heterocycles. The van der Waals surface area contributed by atoms with Gasteiger partial charge in [0.15, 0.2) is 0 Å². The van der Waals surface area contributed by atoms with Crippen LogP contribution in [0.1, 0.15) is 53.4 Å². The van der Waals surface area contributed by atoms with Crippen molar-refractivity contribution in [1.29, 1.82) is 0 Å². The summed E-state index contributed by atoms with van der Waals surface area (Å²) in [5.74, 6) is 0. The Bertz CT molecular complexity index is 150. The Balaban J connectivity index is 3.30. The van der Waals surface area contributed by atoms with Gasteiger partial charge in [-0.2, -0.15) is 0 Å². The number of hydrogen-bond acceptors (Lipinski definition) is 3. The molecule has 0 bridgehead atoms. The van der Waals surface area contributed by atoms with Crippen molar-refractivity contribution in [3.05, 3.63) is 0 Å². The Morgan fingerprint density at radius 3 is 2.12 bits per heavy atom. The third-order valence-corrected chi connectivity index (χ3v) is 2.47. The van der Waals surface area contributed by atoms with E-state index in [-0.39, 0.29) is 12.2 Å². The maximum atomic E-state index is 5.66. The van der Waals surface area contributed by atoms with Crippen LogP contribution in [0.15, 0.2) is 0 Å². The Labute approximate surface area is 107 Å². The Morgan fingerprint density at radius 1 is 0.765 bits per heavy atom. The smallest absolute Gasteiger partial charge is 0.0781 e. The molecule has 3 nitrogen and oxygen atoms in total. The van der Waals surface area contributed by atoms with E-state index in [0.29, 0.717) is 13.2 Å². The van der Waals surface area contributed by atoms with Crippen molar-refractivity contribution in [2.75, 3.05) is 26.4 Å². The fourth-order valence-electron chi connectivity index (χ4n) is 1.42. The largest absolute Gasteiger partial charge is 0.379 e. The van der Waals surface area contributed by atoms with Crippen LogP contribution in [0.5, 0.6) is 0 Å². The minimum atomic E-state index is 0.157. The fraction of sp³-hybridized carbons (Fsp3) is 1.00. The summed E-state index contributed by atoms with van der Waals surface area (Å²) in [6, 6.07) is 0. The first-order valence-electron chi connectivity index (χ1n) is 7.01. The van der Waals surface area contributed by atoms with E-state index >= 15 is 0 Å². The topological polar surface area (TPSA) is 27.7 Å². The van der Waals surface area contributed by atoms with Crippen LogP contribution in [0.25, 0.3) is 0 Å². The van der Waals surface area contributed by atoms with Crippen LogP contribution < -0.4 is 0 Å². The Morgan fingerprint density at radius 2 is 1.47 bits per heavy atom. The minimum absolute atomic E-state index is 0.157. The second-order valence-corrected chi connectivity index (χ2v) is 4.61. The molecule has 0 spiro atoms. The number of hydrogen-bond donors (Lipinski definition) is 0. The maximum absolute atomic E-state index is 5.66. The highest BCUT2D eigenvalue weighted by Gasteiger charge is 2.06. The molecule has 0 aromatic heterocycles. The molecule has 0 aliphatic rings. The first kappa shape index (κ1) is 16.9.